The van der Waals surface area contributed by atoms with Gasteiger partial charge in [0, 0.05) is 33.3 Å². The van der Waals surface area contributed by atoms with Crippen LogP contribution in [0.25, 0.3) is 0 Å². The summed E-state index contributed by atoms with van der Waals surface area (Å²) in [5, 5.41) is 4.30. The lowest BCUT2D eigenvalue weighted by Crippen LogP contribution is -2.43. The van der Waals surface area contributed by atoms with Gasteiger partial charge in [-0.05, 0) is 45.3 Å². The van der Waals surface area contributed by atoms with Crippen molar-refractivity contribution in [2.45, 2.75) is 38.3 Å². The lowest BCUT2D eigenvalue weighted by molar-refractivity contribution is 0.0659. The summed E-state index contributed by atoms with van der Waals surface area (Å²) in [4.78, 5) is 17.4. The molecule has 0 aromatic carbocycles. The molecule has 0 saturated carbocycles. The van der Waals surface area contributed by atoms with E-state index in [9.17, 15) is 4.79 Å². The van der Waals surface area contributed by atoms with Crippen LogP contribution in [0.15, 0.2) is 6.07 Å². The Morgan fingerprint density at radius 1 is 1.41 bits per heavy atom. The molecule has 122 valence electrons. The Morgan fingerprint density at radius 2 is 2.14 bits per heavy atom. The number of nitrogens with zero attached hydrogens (tertiary/aromatic N) is 4. The van der Waals surface area contributed by atoms with Crippen molar-refractivity contribution in [3.63, 3.8) is 0 Å². The number of hydrogen-bond donors (Lipinski definition) is 0. The topological polar surface area (TPSA) is 50.6 Å². The number of ether oxygens (including phenoxy) is 1. The van der Waals surface area contributed by atoms with Crippen LogP contribution in [0.4, 0.5) is 0 Å². The molecule has 2 atom stereocenters. The summed E-state index contributed by atoms with van der Waals surface area (Å²) in [6.07, 6.45) is 3.62. The zero-order valence-corrected chi connectivity index (χ0v) is 13.8. The van der Waals surface area contributed by atoms with E-state index in [4.69, 9.17) is 4.74 Å². The molecule has 1 amide bonds. The van der Waals surface area contributed by atoms with Gasteiger partial charge in [0.05, 0.1) is 11.8 Å². The minimum atomic E-state index is 0.0758. The van der Waals surface area contributed by atoms with E-state index in [0.717, 1.165) is 31.7 Å². The average Bonchev–Trinajstić information content (AvgIpc) is 3.19. The maximum atomic E-state index is 12.9. The first-order chi connectivity index (χ1) is 10.6. The van der Waals surface area contributed by atoms with Crippen LogP contribution < -0.4 is 0 Å². The molecule has 0 bridgehead atoms. The lowest BCUT2D eigenvalue weighted by atomic mass is 10.2. The number of amides is 1. The fourth-order valence-corrected chi connectivity index (χ4v) is 3.69. The molecule has 0 radical (unpaired) electrons. The van der Waals surface area contributed by atoms with Crippen LogP contribution in [0.1, 0.15) is 35.4 Å². The lowest BCUT2D eigenvalue weighted by Gasteiger charge is -2.28. The fraction of sp³-hybridized carbons (Fsp3) is 0.750. The van der Waals surface area contributed by atoms with Gasteiger partial charge in [-0.3, -0.25) is 9.48 Å². The van der Waals surface area contributed by atoms with Crippen molar-refractivity contribution in [3.05, 3.63) is 17.5 Å². The summed E-state index contributed by atoms with van der Waals surface area (Å²) in [6.45, 7) is 5.86. The van der Waals surface area contributed by atoms with Crippen LogP contribution in [0, 0.1) is 6.92 Å². The predicted molar refractivity (Wildman–Crippen MR) is 83.9 cm³/mol. The van der Waals surface area contributed by atoms with Crippen LogP contribution in [-0.2, 0) is 11.8 Å². The van der Waals surface area contributed by atoms with Crippen LogP contribution in [0.2, 0.25) is 0 Å². The molecule has 0 N–H and O–H groups in total. The molecule has 6 heteroatoms. The highest BCUT2D eigenvalue weighted by atomic mass is 16.5. The molecule has 2 aliphatic heterocycles. The third kappa shape index (κ3) is 3.03. The summed E-state index contributed by atoms with van der Waals surface area (Å²) in [7, 11) is 3.57. The van der Waals surface area contributed by atoms with Crippen molar-refractivity contribution in [2.24, 2.45) is 7.05 Å². The normalized spacial score (nSPS) is 26.0. The summed E-state index contributed by atoms with van der Waals surface area (Å²) < 4.78 is 7.21. The molecule has 22 heavy (non-hydrogen) atoms. The molecule has 6 nitrogen and oxygen atoms in total. The monoisotopic (exact) mass is 306 g/mol. The van der Waals surface area contributed by atoms with Crippen molar-refractivity contribution < 1.29 is 9.53 Å². The van der Waals surface area contributed by atoms with Crippen LogP contribution in [0.5, 0.6) is 0 Å². The van der Waals surface area contributed by atoms with Gasteiger partial charge in [-0.25, -0.2) is 0 Å². The minimum absolute atomic E-state index is 0.0758. The van der Waals surface area contributed by atoms with E-state index in [2.05, 4.69) is 10.00 Å². The van der Waals surface area contributed by atoms with Gasteiger partial charge in [-0.2, -0.15) is 5.10 Å². The average molecular weight is 306 g/mol. The number of hydrogen-bond acceptors (Lipinski definition) is 4. The zero-order valence-electron chi connectivity index (χ0n) is 13.8. The first-order valence-corrected chi connectivity index (χ1v) is 8.15. The zero-order chi connectivity index (χ0) is 15.7. The molecule has 2 aliphatic rings. The number of rotatable bonds is 4. The number of likely N-dealkylation sites (tertiary alicyclic amines) is 2. The molecule has 0 aliphatic carbocycles. The Balaban J connectivity index is 1.75. The molecule has 0 unspecified atom stereocenters. The predicted octanol–water partition coefficient (Wildman–Crippen LogP) is 1.05. The summed E-state index contributed by atoms with van der Waals surface area (Å²) in [5.74, 6) is 0.0758. The van der Waals surface area contributed by atoms with E-state index in [0.29, 0.717) is 12.2 Å². The quantitative estimate of drug-likeness (QED) is 0.834. The van der Waals surface area contributed by atoms with Gasteiger partial charge in [-0.15, -0.1) is 0 Å². The van der Waals surface area contributed by atoms with E-state index >= 15 is 0 Å². The van der Waals surface area contributed by atoms with Gasteiger partial charge >= 0.3 is 0 Å². The summed E-state index contributed by atoms with van der Waals surface area (Å²) in [5.41, 5.74) is 1.55. The number of aryl methyl sites for hydroxylation is 2. The second-order valence-corrected chi connectivity index (χ2v) is 6.51. The highest BCUT2D eigenvalue weighted by Crippen LogP contribution is 2.24. The first kappa shape index (κ1) is 15.5. The SMILES string of the molecule is CO[C@H]1C[C@@H](CN2CCCC2)N(C(=O)c2cc(C)nn2C)C1. The highest BCUT2D eigenvalue weighted by molar-refractivity contribution is 5.93. The van der Waals surface area contributed by atoms with Crippen LogP contribution in [-0.4, -0.2) is 70.9 Å². The van der Waals surface area contributed by atoms with Crippen LogP contribution >= 0.6 is 0 Å². The van der Waals surface area contributed by atoms with E-state index in [1.807, 2.05) is 24.9 Å². The summed E-state index contributed by atoms with van der Waals surface area (Å²) in [6, 6.07) is 2.11. The number of carbonyl (C=O) groups is 1. The molecule has 3 rings (SSSR count). The Morgan fingerprint density at radius 3 is 2.73 bits per heavy atom. The van der Waals surface area contributed by atoms with Gasteiger partial charge in [0.15, 0.2) is 0 Å². The molecule has 3 heterocycles. The number of aromatic nitrogens is 2. The number of carbonyl (C=O) groups excluding carboxylic acids is 1. The third-order valence-electron chi connectivity index (χ3n) is 4.86. The van der Waals surface area contributed by atoms with Crippen molar-refractivity contribution in [1.29, 1.82) is 0 Å². The highest BCUT2D eigenvalue weighted by Gasteiger charge is 2.37. The van der Waals surface area contributed by atoms with E-state index in [-0.39, 0.29) is 18.1 Å². The molecule has 0 spiro atoms. The van der Waals surface area contributed by atoms with Gasteiger partial charge in [0.25, 0.3) is 5.91 Å². The molecular weight excluding hydrogens is 280 g/mol. The van der Waals surface area contributed by atoms with Gasteiger partial charge in [0.1, 0.15) is 5.69 Å². The van der Waals surface area contributed by atoms with E-state index < -0.39 is 0 Å². The number of methoxy groups -OCH3 is 1. The summed E-state index contributed by atoms with van der Waals surface area (Å²) >= 11 is 0. The standard InChI is InChI=1S/C16H26N4O2/c1-12-8-15(18(2)17-12)16(21)20-11-14(22-3)9-13(20)10-19-6-4-5-7-19/h8,13-14H,4-7,9-11H2,1-3H3/t13-,14-/m0/s1. The second-order valence-electron chi connectivity index (χ2n) is 6.51. The fourth-order valence-electron chi connectivity index (χ4n) is 3.69. The molecule has 2 saturated heterocycles. The van der Waals surface area contributed by atoms with Crippen molar-refractivity contribution in [2.75, 3.05) is 33.3 Å². The Labute approximate surface area is 132 Å². The smallest absolute Gasteiger partial charge is 0.272 e. The van der Waals surface area contributed by atoms with E-state index in [1.165, 1.54) is 12.8 Å². The third-order valence-corrected chi connectivity index (χ3v) is 4.86. The molecule has 2 fully saturated rings. The Kier molecular flexibility index (Phi) is 4.49. The van der Waals surface area contributed by atoms with Gasteiger partial charge in [0.2, 0.25) is 0 Å². The minimum Gasteiger partial charge on any atom is -0.380 e. The Hall–Kier alpha value is -1.40. The second kappa shape index (κ2) is 6.38. The van der Waals surface area contributed by atoms with Crippen molar-refractivity contribution >= 4 is 5.91 Å². The molecular formula is C16H26N4O2. The van der Waals surface area contributed by atoms with E-state index in [1.54, 1.807) is 11.8 Å². The Bertz CT molecular complexity index is 536. The maximum absolute atomic E-state index is 12.9. The maximum Gasteiger partial charge on any atom is 0.272 e. The van der Waals surface area contributed by atoms with Gasteiger partial charge in [-0.1, -0.05) is 0 Å². The molecule has 1 aromatic heterocycles. The van der Waals surface area contributed by atoms with Crippen molar-refractivity contribution in [1.82, 2.24) is 19.6 Å². The largest absolute Gasteiger partial charge is 0.380 e. The van der Waals surface area contributed by atoms with Gasteiger partial charge < -0.3 is 14.5 Å². The molecule has 1 aromatic rings. The van der Waals surface area contributed by atoms with Crippen LogP contribution in [0.3, 0.4) is 0 Å². The van der Waals surface area contributed by atoms with Crippen molar-refractivity contribution in [3.8, 4) is 0 Å². The first-order valence-electron chi connectivity index (χ1n) is 8.15.